The standard InChI is InChI=1S/C23H25N3O6/c1-24(23(28)15-32-20-6-5-16-8-10-31-22(16)12-20)14-21(25-9-7-19(27)13-25)17-3-2-4-18(11-17)26(29)30/h2-6,8,10-12,19,21,27H,7,9,13-15H2,1H3/t19-,21-/m0/s1. The predicted octanol–water partition coefficient (Wildman–Crippen LogP) is 2.99. The monoisotopic (exact) mass is 439 g/mol. The van der Waals surface area contributed by atoms with Crippen molar-refractivity contribution in [2.45, 2.75) is 18.6 Å². The molecule has 2 heterocycles. The molecular weight excluding hydrogens is 414 g/mol. The smallest absolute Gasteiger partial charge is 0.269 e. The second kappa shape index (κ2) is 9.37. The van der Waals surface area contributed by atoms with Gasteiger partial charge in [-0.15, -0.1) is 0 Å². The summed E-state index contributed by atoms with van der Waals surface area (Å²) in [6.45, 7) is 1.27. The van der Waals surface area contributed by atoms with Crippen LogP contribution in [0.2, 0.25) is 0 Å². The van der Waals surface area contributed by atoms with Gasteiger partial charge in [0, 0.05) is 50.3 Å². The number of nitro groups is 1. The number of carbonyl (C=O) groups is 1. The molecule has 32 heavy (non-hydrogen) atoms. The van der Waals surface area contributed by atoms with Gasteiger partial charge in [0.2, 0.25) is 0 Å². The van der Waals surface area contributed by atoms with Crippen LogP contribution in [-0.2, 0) is 4.79 Å². The Morgan fingerprint density at radius 3 is 2.94 bits per heavy atom. The molecule has 1 saturated heterocycles. The molecule has 0 saturated carbocycles. The van der Waals surface area contributed by atoms with Gasteiger partial charge in [-0.3, -0.25) is 19.8 Å². The summed E-state index contributed by atoms with van der Waals surface area (Å²) in [6.07, 6.45) is 1.77. The van der Waals surface area contributed by atoms with E-state index in [2.05, 4.69) is 4.90 Å². The van der Waals surface area contributed by atoms with E-state index in [0.29, 0.717) is 37.4 Å². The highest BCUT2D eigenvalue weighted by Crippen LogP contribution is 2.28. The molecule has 9 nitrogen and oxygen atoms in total. The first kappa shape index (κ1) is 21.8. The summed E-state index contributed by atoms with van der Waals surface area (Å²) in [6, 6.07) is 13.4. The first-order valence-corrected chi connectivity index (χ1v) is 10.4. The Morgan fingerprint density at radius 2 is 2.19 bits per heavy atom. The number of hydrogen-bond acceptors (Lipinski definition) is 7. The SMILES string of the molecule is CN(C[C@@H](c1cccc([N+](=O)[O-])c1)N1CC[C@H](O)C1)C(=O)COc1ccc2ccoc2c1. The van der Waals surface area contributed by atoms with Crippen molar-refractivity contribution in [2.24, 2.45) is 0 Å². The van der Waals surface area contributed by atoms with Gasteiger partial charge in [0.1, 0.15) is 11.3 Å². The number of nitrogens with zero attached hydrogens (tertiary/aromatic N) is 3. The Labute approximate surface area is 184 Å². The minimum Gasteiger partial charge on any atom is -0.484 e. The Balaban J connectivity index is 1.45. The van der Waals surface area contributed by atoms with Crippen LogP contribution in [0.15, 0.2) is 59.2 Å². The van der Waals surface area contributed by atoms with Crippen LogP contribution in [0, 0.1) is 10.1 Å². The largest absolute Gasteiger partial charge is 0.484 e. The van der Waals surface area contributed by atoms with Crippen LogP contribution in [-0.4, -0.2) is 65.1 Å². The van der Waals surface area contributed by atoms with E-state index in [0.717, 1.165) is 10.9 Å². The molecule has 1 amide bonds. The second-order valence-corrected chi connectivity index (χ2v) is 7.99. The molecule has 2 atom stereocenters. The number of fused-ring (bicyclic) bond motifs is 1. The van der Waals surface area contributed by atoms with Crippen LogP contribution >= 0.6 is 0 Å². The van der Waals surface area contributed by atoms with Gasteiger partial charge in [-0.1, -0.05) is 12.1 Å². The first-order chi connectivity index (χ1) is 15.4. The topological polar surface area (TPSA) is 109 Å². The highest BCUT2D eigenvalue weighted by molar-refractivity contribution is 5.79. The van der Waals surface area contributed by atoms with Gasteiger partial charge < -0.3 is 19.2 Å². The van der Waals surface area contributed by atoms with Crippen molar-refractivity contribution in [2.75, 3.05) is 33.3 Å². The van der Waals surface area contributed by atoms with E-state index in [1.807, 2.05) is 18.2 Å². The maximum Gasteiger partial charge on any atom is 0.269 e. The van der Waals surface area contributed by atoms with Gasteiger partial charge in [-0.2, -0.15) is 0 Å². The van der Waals surface area contributed by atoms with E-state index in [1.54, 1.807) is 36.4 Å². The van der Waals surface area contributed by atoms with E-state index in [4.69, 9.17) is 9.15 Å². The molecule has 1 N–H and O–H groups in total. The van der Waals surface area contributed by atoms with E-state index in [-0.39, 0.29) is 24.2 Å². The highest BCUT2D eigenvalue weighted by Gasteiger charge is 2.30. The Bertz CT molecular complexity index is 1110. The lowest BCUT2D eigenvalue weighted by atomic mass is 10.0. The van der Waals surface area contributed by atoms with Gasteiger partial charge >= 0.3 is 0 Å². The number of aliphatic hydroxyl groups excluding tert-OH is 1. The van der Waals surface area contributed by atoms with Gasteiger partial charge in [-0.25, -0.2) is 0 Å². The molecule has 0 unspecified atom stereocenters. The lowest BCUT2D eigenvalue weighted by molar-refractivity contribution is -0.385. The number of benzene rings is 2. The number of furan rings is 1. The van der Waals surface area contributed by atoms with Gasteiger partial charge in [-0.05, 0) is 30.2 Å². The zero-order chi connectivity index (χ0) is 22.7. The summed E-state index contributed by atoms with van der Waals surface area (Å²) in [7, 11) is 1.68. The molecule has 0 aliphatic carbocycles. The number of carbonyl (C=O) groups excluding carboxylic acids is 1. The van der Waals surface area contributed by atoms with Crippen LogP contribution in [0.1, 0.15) is 18.0 Å². The van der Waals surface area contributed by atoms with Gasteiger partial charge in [0.05, 0.1) is 23.3 Å². The second-order valence-electron chi connectivity index (χ2n) is 7.99. The number of hydrogen-bond donors (Lipinski definition) is 1. The van der Waals surface area contributed by atoms with Crippen molar-refractivity contribution in [3.05, 3.63) is 70.5 Å². The molecule has 2 aromatic carbocycles. The number of ether oxygens (including phenoxy) is 1. The summed E-state index contributed by atoms with van der Waals surface area (Å²) in [4.78, 5) is 27.2. The number of likely N-dealkylation sites (tertiary alicyclic amines) is 1. The van der Waals surface area contributed by atoms with E-state index >= 15 is 0 Å². The van der Waals surface area contributed by atoms with Crippen LogP contribution in [0.5, 0.6) is 5.75 Å². The summed E-state index contributed by atoms with van der Waals surface area (Å²) in [5.74, 6) is 0.312. The number of aliphatic hydroxyl groups is 1. The fourth-order valence-electron chi connectivity index (χ4n) is 3.97. The van der Waals surface area contributed by atoms with Crippen LogP contribution in [0.25, 0.3) is 11.0 Å². The fraction of sp³-hybridized carbons (Fsp3) is 0.348. The molecule has 1 aliphatic heterocycles. The van der Waals surface area contributed by atoms with Crippen molar-refractivity contribution >= 4 is 22.6 Å². The lowest BCUT2D eigenvalue weighted by Gasteiger charge is -2.31. The third kappa shape index (κ3) is 4.90. The molecule has 1 aromatic heterocycles. The number of nitro benzene ring substituents is 1. The van der Waals surface area contributed by atoms with E-state index < -0.39 is 11.0 Å². The van der Waals surface area contributed by atoms with Crippen molar-refractivity contribution in [3.8, 4) is 5.75 Å². The highest BCUT2D eigenvalue weighted by atomic mass is 16.6. The minimum absolute atomic E-state index is 0.00197. The molecule has 0 bridgehead atoms. The quantitative estimate of drug-likeness (QED) is 0.424. The molecule has 1 fully saturated rings. The maximum absolute atomic E-state index is 12.8. The summed E-state index contributed by atoms with van der Waals surface area (Å²) in [5.41, 5.74) is 1.41. The van der Waals surface area contributed by atoms with Crippen molar-refractivity contribution in [1.29, 1.82) is 0 Å². The molecular formula is C23H25N3O6. The van der Waals surface area contributed by atoms with Crippen LogP contribution < -0.4 is 4.74 Å². The molecule has 0 spiro atoms. The lowest BCUT2D eigenvalue weighted by Crippen LogP contribution is -2.40. The average molecular weight is 439 g/mol. The van der Waals surface area contributed by atoms with E-state index in [1.165, 1.54) is 12.1 Å². The molecule has 1 aliphatic rings. The third-order valence-corrected chi connectivity index (χ3v) is 5.76. The third-order valence-electron chi connectivity index (χ3n) is 5.76. The molecule has 0 radical (unpaired) electrons. The van der Waals surface area contributed by atoms with Crippen molar-refractivity contribution < 1.29 is 24.0 Å². The minimum atomic E-state index is -0.447. The predicted molar refractivity (Wildman–Crippen MR) is 117 cm³/mol. The van der Waals surface area contributed by atoms with Crippen LogP contribution in [0.4, 0.5) is 5.69 Å². The number of rotatable bonds is 8. The van der Waals surface area contributed by atoms with Gasteiger partial charge in [0.25, 0.3) is 11.6 Å². The van der Waals surface area contributed by atoms with E-state index in [9.17, 15) is 20.0 Å². The number of β-amino-alcohol motifs (C(OH)–C–C–N with tert-alkyl or cyclic N) is 1. The average Bonchev–Trinajstić information content (AvgIpc) is 3.44. The summed E-state index contributed by atoms with van der Waals surface area (Å²) < 4.78 is 11.0. The zero-order valence-corrected chi connectivity index (χ0v) is 17.7. The molecule has 3 aromatic rings. The molecule has 168 valence electrons. The Morgan fingerprint density at radius 1 is 1.34 bits per heavy atom. The number of amides is 1. The van der Waals surface area contributed by atoms with Crippen molar-refractivity contribution in [1.82, 2.24) is 9.80 Å². The Kier molecular flexibility index (Phi) is 6.38. The van der Waals surface area contributed by atoms with Gasteiger partial charge in [0.15, 0.2) is 6.61 Å². The molecule has 9 heteroatoms. The number of likely N-dealkylation sites (N-methyl/N-ethyl adjacent to an activating group) is 1. The fourth-order valence-corrected chi connectivity index (χ4v) is 3.97. The Hall–Kier alpha value is -3.43. The van der Waals surface area contributed by atoms with Crippen LogP contribution in [0.3, 0.4) is 0 Å². The summed E-state index contributed by atoms with van der Waals surface area (Å²) >= 11 is 0. The summed E-state index contributed by atoms with van der Waals surface area (Å²) in [5, 5.41) is 22.2. The number of non-ortho nitro benzene ring substituents is 1. The normalized spacial score (nSPS) is 17.4. The maximum atomic E-state index is 12.8. The van der Waals surface area contributed by atoms with Crippen molar-refractivity contribution in [3.63, 3.8) is 0 Å². The first-order valence-electron chi connectivity index (χ1n) is 10.4. The molecule has 4 rings (SSSR count). The zero-order valence-electron chi connectivity index (χ0n) is 17.7.